The third-order valence-corrected chi connectivity index (χ3v) is 4.09. The molecule has 6 nitrogen and oxygen atoms in total. The molecule has 0 spiro atoms. The lowest BCUT2D eigenvalue weighted by Gasteiger charge is -2.25. The average molecular weight is 344 g/mol. The quantitative estimate of drug-likeness (QED) is 0.870. The SMILES string of the molecule is O=C(NC(c1ccc(F)cc1)C1CCCO1)c1ccnc(C(=O)O)c1. The average Bonchev–Trinajstić information content (AvgIpc) is 3.15. The fourth-order valence-electron chi connectivity index (χ4n) is 2.84. The summed E-state index contributed by atoms with van der Waals surface area (Å²) >= 11 is 0. The van der Waals surface area contributed by atoms with Crippen LogP contribution in [0.5, 0.6) is 0 Å². The number of halogens is 1. The summed E-state index contributed by atoms with van der Waals surface area (Å²) in [4.78, 5) is 27.3. The first-order chi connectivity index (χ1) is 12.0. The molecule has 2 unspecified atom stereocenters. The van der Waals surface area contributed by atoms with Gasteiger partial charge in [0.25, 0.3) is 5.91 Å². The molecule has 1 saturated heterocycles. The van der Waals surface area contributed by atoms with Gasteiger partial charge in [-0.15, -0.1) is 0 Å². The van der Waals surface area contributed by atoms with E-state index in [1.54, 1.807) is 12.1 Å². The lowest BCUT2D eigenvalue weighted by atomic mass is 9.98. The van der Waals surface area contributed by atoms with E-state index in [0.717, 1.165) is 18.4 Å². The predicted octanol–water partition coefficient (Wildman–Crippen LogP) is 2.57. The zero-order chi connectivity index (χ0) is 17.8. The number of carboxylic acid groups (broad SMARTS) is 1. The molecule has 2 aromatic rings. The molecule has 1 aromatic carbocycles. The van der Waals surface area contributed by atoms with Crippen LogP contribution in [0.4, 0.5) is 4.39 Å². The molecule has 7 heteroatoms. The molecule has 1 aliphatic heterocycles. The zero-order valence-electron chi connectivity index (χ0n) is 13.3. The van der Waals surface area contributed by atoms with Crippen LogP contribution >= 0.6 is 0 Å². The molecule has 1 aromatic heterocycles. The molecule has 0 bridgehead atoms. The number of carbonyl (C=O) groups is 2. The number of hydrogen-bond acceptors (Lipinski definition) is 4. The summed E-state index contributed by atoms with van der Waals surface area (Å²) in [7, 11) is 0. The van der Waals surface area contributed by atoms with Gasteiger partial charge in [0, 0.05) is 18.4 Å². The Morgan fingerprint density at radius 2 is 2.04 bits per heavy atom. The van der Waals surface area contributed by atoms with Crippen molar-refractivity contribution in [3.8, 4) is 0 Å². The highest BCUT2D eigenvalue weighted by Gasteiger charge is 2.29. The Balaban J connectivity index is 1.84. The van der Waals surface area contributed by atoms with Gasteiger partial charge < -0.3 is 15.2 Å². The van der Waals surface area contributed by atoms with Crippen molar-refractivity contribution >= 4 is 11.9 Å². The van der Waals surface area contributed by atoms with E-state index in [1.165, 1.54) is 30.5 Å². The van der Waals surface area contributed by atoms with Crippen molar-refractivity contribution in [3.63, 3.8) is 0 Å². The van der Waals surface area contributed by atoms with Crippen LogP contribution in [-0.4, -0.2) is 34.7 Å². The minimum Gasteiger partial charge on any atom is -0.477 e. The number of hydrogen-bond donors (Lipinski definition) is 2. The van der Waals surface area contributed by atoms with E-state index in [0.29, 0.717) is 6.61 Å². The number of aromatic carboxylic acids is 1. The number of ether oxygens (including phenoxy) is 1. The van der Waals surface area contributed by atoms with E-state index in [4.69, 9.17) is 9.84 Å². The second-order valence-electron chi connectivity index (χ2n) is 5.79. The molecule has 2 heterocycles. The van der Waals surface area contributed by atoms with Crippen molar-refractivity contribution in [2.24, 2.45) is 0 Å². The van der Waals surface area contributed by atoms with Gasteiger partial charge in [0.1, 0.15) is 11.5 Å². The summed E-state index contributed by atoms with van der Waals surface area (Å²) < 4.78 is 18.9. The first-order valence-electron chi connectivity index (χ1n) is 7.92. The Bertz CT molecular complexity index is 773. The molecule has 0 radical (unpaired) electrons. The van der Waals surface area contributed by atoms with E-state index < -0.39 is 17.9 Å². The number of nitrogens with zero attached hydrogens (tertiary/aromatic N) is 1. The highest BCUT2D eigenvalue weighted by Crippen LogP contribution is 2.27. The number of carboxylic acids is 1. The van der Waals surface area contributed by atoms with Crippen molar-refractivity contribution < 1.29 is 23.8 Å². The van der Waals surface area contributed by atoms with Gasteiger partial charge in [-0.1, -0.05) is 12.1 Å². The van der Waals surface area contributed by atoms with Crippen molar-refractivity contribution in [1.29, 1.82) is 0 Å². The maximum Gasteiger partial charge on any atom is 0.354 e. The van der Waals surface area contributed by atoms with E-state index in [9.17, 15) is 14.0 Å². The molecule has 0 aliphatic carbocycles. The van der Waals surface area contributed by atoms with Gasteiger partial charge in [0.15, 0.2) is 0 Å². The molecule has 1 amide bonds. The molecule has 0 saturated carbocycles. The van der Waals surface area contributed by atoms with E-state index in [-0.39, 0.29) is 23.2 Å². The van der Waals surface area contributed by atoms with Crippen LogP contribution in [-0.2, 0) is 4.74 Å². The number of aromatic nitrogens is 1. The fourth-order valence-corrected chi connectivity index (χ4v) is 2.84. The predicted molar refractivity (Wildman–Crippen MR) is 86.8 cm³/mol. The molecule has 3 rings (SSSR count). The minimum absolute atomic E-state index is 0.192. The number of benzene rings is 1. The van der Waals surface area contributed by atoms with E-state index in [1.807, 2.05) is 0 Å². The normalized spacial score (nSPS) is 17.9. The van der Waals surface area contributed by atoms with Crippen molar-refractivity contribution in [2.45, 2.75) is 25.0 Å². The molecule has 2 N–H and O–H groups in total. The molecular weight excluding hydrogens is 327 g/mol. The van der Waals surface area contributed by atoms with Crippen LogP contribution in [0.15, 0.2) is 42.6 Å². The van der Waals surface area contributed by atoms with Crippen LogP contribution in [0.1, 0.15) is 45.3 Å². The first-order valence-corrected chi connectivity index (χ1v) is 7.92. The molecule has 1 fully saturated rings. The molecule has 2 atom stereocenters. The van der Waals surface area contributed by atoms with Gasteiger partial charge in [-0.3, -0.25) is 4.79 Å². The summed E-state index contributed by atoms with van der Waals surface area (Å²) in [6.45, 7) is 0.608. The third kappa shape index (κ3) is 4.00. The lowest BCUT2D eigenvalue weighted by molar-refractivity contribution is 0.0671. The van der Waals surface area contributed by atoms with Crippen LogP contribution < -0.4 is 5.32 Å². The molecule has 130 valence electrons. The van der Waals surface area contributed by atoms with Crippen LogP contribution in [0.25, 0.3) is 0 Å². The third-order valence-electron chi connectivity index (χ3n) is 4.09. The summed E-state index contributed by atoms with van der Waals surface area (Å²) in [6, 6.07) is 8.09. The number of rotatable bonds is 5. The van der Waals surface area contributed by atoms with Crippen molar-refractivity contribution in [3.05, 3.63) is 65.2 Å². The number of carbonyl (C=O) groups excluding carboxylic acids is 1. The van der Waals surface area contributed by atoms with Gasteiger partial charge in [-0.2, -0.15) is 0 Å². The van der Waals surface area contributed by atoms with Crippen LogP contribution in [0, 0.1) is 5.82 Å². The highest BCUT2D eigenvalue weighted by molar-refractivity contribution is 5.96. The Hall–Kier alpha value is -2.80. The Labute approximate surface area is 143 Å². The fraction of sp³-hybridized carbons (Fsp3) is 0.278. The Morgan fingerprint density at radius 3 is 2.68 bits per heavy atom. The van der Waals surface area contributed by atoms with E-state index >= 15 is 0 Å². The first kappa shape index (κ1) is 17.0. The van der Waals surface area contributed by atoms with Gasteiger partial charge in [0.05, 0.1) is 12.1 Å². The summed E-state index contributed by atoms with van der Waals surface area (Å²) in [5, 5.41) is 11.9. The zero-order valence-corrected chi connectivity index (χ0v) is 13.3. The second-order valence-corrected chi connectivity index (χ2v) is 5.79. The van der Waals surface area contributed by atoms with Crippen LogP contribution in [0.3, 0.4) is 0 Å². The van der Waals surface area contributed by atoms with E-state index in [2.05, 4.69) is 10.3 Å². The Kier molecular flexibility index (Phi) is 5.04. The summed E-state index contributed by atoms with van der Waals surface area (Å²) in [5.41, 5.74) is 0.717. The molecule has 25 heavy (non-hydrogen) atoms. The lowest BCUT2D eigenvalue weighted by Crippen LogP contribution is -2.36. The van der Waals surface area contributed by atoms with Crippen LogP contribution in [0.2, 0.25) is 0 Å². The molecular formula is C18H17FN2O4. The van der Waals surface area contributed by atoms with Gasteiger partial charge in [-0.05, 0) is 42.7 Å². The van der Waals surface area contributed by atoms with Crippen molar-refractivity contribution in [2.75, 3.05) is 6.61 Å². The molecule has 1 aliphatic rings. The van der Waals surface area contributed by atoms with Gasteiger partial charge >= 0.3 is 5.97 Å². The summed E-state index contributed by atoms with van der Waals surface area (Å²) in [6.07, 6.45) is 2.72. The summed E-state index contributed by atoms with van der Waals surface area (Å²) in [5.74, 6) is -2.00. The number of nitrogens with one attached hydrogen (secondary N) is 1. The second kappa shape index (κ2) is 7.40. The Morgan fingerprint density at radius 1 is 1.28 bits per heavy atom. The highest BCUT2D eigenvalue weighted by atomic mass is 19.1. The maximum atomic E-state index is 13.2. The minimum atomic E-state index is -1.20. The number of amides is 1. The number of pyridine rings is 1. The smallest absolute Gasteiger partial charge is 0.354 e. The topological polar surface area (TPSA) is 88.5 Å². The standard InChI is InChI=1S/C18H17FN2O4/c19-13-5-3-11(4-6-13)16(15-2-1-9-25-15)21-17(22)12-7-8-20-14(10-12)18(23)24/h3-8,10,15-16H,1-2,9H2,(H,21,22)(H,23,24). The monoisotopic (exact) mass is 344 g/mol. The van der Waals surface area contributed by atoms with Crippen molar-refractivity contribution in [1.82, 2.24) is 10.3 Å². The van der Waals surface area contributed by atoms with Gasteiger partial charge in [-0.25, -0.2) is 14.2 Å². The maximum absolute atomic E-state index is 13.2. The van der Waals surface area contributed by atoms with Gasteiger partial charge in [0.2, 0.25) is 0 Å². The largest absolute Gasteiger partial charge is 0.477 e.